The summed E-state index contributed by atoms with van der Waals surface area (Å²) in [6.45, 7) is 0. The van der Waals surface area contributed by atoms with E-state index in [9.17, 15) is 9.59 Å². The van der Waals surface area contributed by atoms with Crippen LogP contribution in [0.3, 0.4) is 0 Å². The topological polar surface area (TPSA) is 127 Å². The van der Waals surface area contributed by atoms with E-state index in [0.717, 1.165) is 0 Å². The Morgan fingerprint density at radius 3 is 1.31 bits per heavy atom. The molecule has 0 radical (unpaired) electrons. The summed E-state index contributed by atoms with van der Waals surface area (Å²) < 4.78 is 0. The van der Waals surface area contributed by atoms with Gasteiger partial charge in [0.15, 0.2) is 0 Å². The molecule has 0 spiro atoms. The number of unbranched alkanes of at least 4 members (excludes halogenated alkanes) is 1. The minimum Gasteiger partial charge on any atom is -0.480 e. The number of halogens is 2. The van der Waals surface area contributed by atoms with Gasteiger partial charge in [0.05, 0.1) is 0 Å². The van der Waals surface area contributed by atoms with Crippen LogP contribution in [0.5, 0.6) is 0 Å². The Morgan fingerprint density at radius 2 is 1.12 bits per heavy atom. The van der Waals surface area contributed by atoms with E-state index in [4.69, 9.17) is 21.7 Å². The highest BCUT2D eigenvalue weighted by Crippen LogP contribution is 2.04. The second-order valence-corrected chi connectivity index (χ2v) is 3.17. The molecule has 98 valence electrons. The van der Waals surface area contributed by atoms with Crippen LogP contribution in [0.25, 0.3) is 0 Å². The lowest BCUT2D eigenvalue weighted by atomic mass is 10.1. The van der Waals surface area contributed by atoms with Gasteiger partial charge in [0.1, 0.15) is 12.1 Å². The molecule has 0 heterocycles. The van der Waals surface area contributed by atoms with Gasteiger partial charge < -0.3 is 21.7 Å². The Kier molecular flexibility index (Phi) is 14.2. The fourth-order valence-corrected chi connectivity index (χ4v) is 0.975. The number of aliphatic carboxylic acids is 2. The first-order chi connectivity index (χ1) is 6.45. The molecule has 2 unspecified atom stereocenters. The first kappa shape index (κ1) is 20.8. The number of hydrogen-bond donors (Lipinski definition) is 4. The molecule has 0 aromatic rings. The van der Waals surface area contributed by atoms with E-state index in [2.05, 4.69) is 0 Å². The van der Waals surface area contributed by atoms with Gasteiger partial charge in [-0.05, 0) is 12.8 Å². The van der Waals surface area contributed by atoms with Crippen LogP contribution in [-0.2, 0) is 9.59 Å². The molecular weight excluding hydrogens is 259 g/mol. The molecule has 0 bridgehead atoms. The fourth-order valence-electron chi connectivity index (χ4n) is 0.975. The summed E-state index contributed by atoms with van der Waals surface area (Å²) in [5.74, 6) is -2.07. The molecule has 0 aliphatic carbocycles. The van der Waals surface area contributed by atoms with E-state index in [1.807, 2.05) is 0 Å². The van der Waals surface area contributed by atoms with Gasteiger partial charge in [-0.25, -0.2) is 0 Å². The van der Waals surface area contributed by atoms with Crippen molar-refractivity contribution in [3.05, 3.63) is 0 Å². The minimum atomic E-state index is -1.03. The van der Waals surface area contributed by atoms with E-state index in [1.54, 1.807) is 0 Å². The van der Waals surface area contributed by atoms with Crippen LogP contribution in [0.15, 0.2) is 0 Å². The summed E-state index contributed by atoms with van der Waals surface area (Å²) in [6.07, 6.45) is 1.85. The Morgan fingerprint density at radius 1 is 0.875 bits per heavy atom. The Bertz CT molecular complexity index is 194. The predicted octanol–water partition coefficient (Wildman–Crippen LogP) is 0.214. The van der Waals surface area contributed by atoms with E-state index in [-0.39, 0.29) is 24.8 Å². The molecule has 16 heavy (non-hydrogen) atoms. The molecule has 0 saturated carbocycles. The maximum Gasteiger partial charge on any atom is 0.320 e. The van der Waals surface area contributed by atoms with Crippen LogP contribution >= 0.6 is 24.8 Å². The highest BCUT2D eigenvalue weighted by atomic mass is 35.5. The third-order valence-electron chi connectivity index (χ3n) is 1.91. The van der Waals surface area contributed by atoms with Crippen LogP contribution in [-0.4, -0.2) is 34.2 Å². The van der Waals surface area contributed by atoms with Gasteiger partial charge in [-0.3, -0.25) is 9.59 Å². The highest BCUT2D eigenvalue weighted by molar-refractivity contribution is 5.85. The van der Waals surface area contributed by atoms with Crippen molar-refractivity contribution >= 4 is 36.8 Å². The molecule has 0 saturated heterocycles. The number of carboxylic acids is 2. The summed E-state index contributed by atoms with van der Waals surface area (Å²) in [4.78, 5) is 20.6. The highest BCUT2D eigenvalue weighted by Gasteiger charge is 2.13. The number of carboxylic acid groups (broad SMARTS) is 2. The zero-order chi connectivity index (χ0) is 11.1. The van der Waals surface area contributed by atoms with E-state index in [0.29, 0.717) is 25.7 Å². The average Bonchev–Trinajstić information content (AvgIpc) is 2.11. The van der Waals surface area contributed by atoms with Crippen molar-refractivity contribution < 1.29 is 19.8 Å². The van der Waals surface area contributed by atoms with Crippen LogP contribution < -0.4 is 11.5 Å². The van der Waals surface area contributed by atoms with E-state index < -0.39 is 24.0 Å². The maximum atomic E-state index is 10.3. The quantitative estimate of drug-likeness (QED) is 0.493. The fraction of sp³-hybridized carbons (Fsp3) is 0.750. The van der Waals surface area contributed by atoms with E-state index >= 15 is 0 Å². The van der Waals surface area contributed by atoms with Gasteiger partial charge in [-0.1, -0.05) is 12.8 Å². The van der Waals surface area contributed by atoms with Crippen molar-refractivity contribution in [2.45, 2.75) is 37.8 Å². The molecule has 6 N–H and O–H groups in total. The third kappa shape index (κ3) is 9.97. The van der Waals surface area contributed by atoms with Crippen LogP contribution in [0, 0.1) is 0 Å². The van der Waals surface area contributed by atoms with Crippen molar-refractivity contribution in [2.75, 3.05) is 0 Å². The van der Waals surface area contributed by atoms with Gasteiger partial charge in [0, 0.05) is 0 Å². The number of hydrogen-bond acceptors (Lipinski definition) is 4. The zero-order valence-electron chi connectivity index (χ0n) is 8.67. The van der Waals surface area contributed by atoms with Crippen LogP contribution in [0.4, 0.5) is 0 Å². The molecule has 0 aliphatic rings. The van der Waals surface area contributed by atoms with Gasteiger partial charge in [-0.2, -0.15) is 0 Å². The first-order valence-electron chi connectivity index (χ1n) is 4.42. The lowest BCUT2D eigenvalue weighted by Gasteiger charge is -2.07. The molecule has 0 amide bonds. The van der Waals surface area contributed by atoms with Crippen molar-refractivity contribution in [1.82, 2.24) is 0 Å². The SMILES string of the molecule is Cl.Cl.NC(CCCCC(N)C(=O)O)C(=O)O. The summed E-state index contributed by atoms with van der Waals surface area (Å²) >= 11 is 0. The number of rotatable bonds is 7. The molecule has 8 heteroatoms. The van der Waals surface area contributed by atoms with Crippen molar-refractivity contribution in [1.29, 1.82) is 0 Å². The molecule has 0 rings (SSSR count). The monoisotopic (exact) mass is 276 g/mol. The van der Waals surface area contributed by atoms with Gasteiger partial charge in [0.25, 0.3) is 0 Å². The smallest absolute Gasteiger partial charge is 0.320 e. The van der Waals surface area contributed by atoms with E-state index in [1.165, 1.54) is 0 Å². The number of carbonyl (C=O) groups is 2. The summed E-state index contributed by atoms with van der Waals surface area (Å²) in [6, 6.07) is -1.73. The summed E-state index contributed by atoms with van der Waals surface area (Å²) in [5.41, 5.74) is 10.5. The molecular formula is C8H18Cl2N2O4. The lowest BCUT2D eigenvalue weighted by Crippen LogP contribution is -2.31. The van der Waals surface area contributed by atoms with Crippen LogP contribution in [0.1, 0.15) is 25.7 Å². The predicted molar refractivity (Wildman–Crippen MR) is 64.2 cm³/mol. The second-order valence-electron chi connectivity index (χ2n) is 3.17. The Hall–Kier alpha value is -0.560. The Labute approximate surface area is 106 Å². The molecule has 2 atom stereocenters. The lowest BCUT2D eigenvalue weighted by molar-refractivity contribution is -0.139. The standard InChI is InChI=1S/C8H16N2O4.2ClH/c9-5(7(11)12)3-1-2-4-6(10)8(13)14;;/h5-6H,1-4,9-10H2,(H,11,12)(H,13,14);2*1H. The molecule has 0 aliphatic heterocycles. The van der Waals surface area contributed by atoms with Gasteiger partial charge in [-0.15, -0.1) is 24.8 Å². The van der Waals surface area contributed by atoms with Crippen molar-refractivity contribution in [3.63, 3.8) is 0 Å². The summed E-state index contributed by atoms with van der Waals surface area (Å²) in [5, 5.41) is 16.9. The first-order valence-corrected chi connectivity index (χ1v) is 4.42. The molecule has 0 aromatic carbocycles. The molecule has 6 nitrogen and oxygen atoms in total. The zero-order valence-corrected chi connectivity index (χ0v) is 10.3. The van der Waals surface area contributed by atoms with Gasteiger partial charge >= 0.3 is 11.9 Å². The molecule has 0 aromatic heterocycles. The number of nitrogens with two attached hydrogens (primary N) is 2. The maximum absolute atomic E-state index is 10.3. The van der Waals surface area contributed by atoms with Crippen molar-refractivity contribution in [3.8, 4) is 0 Å². The normalized spacial score (nSPS) is 12.9. The Balaban J connectivity index is -0.000000845. The average molecular weight is 277 g/mol. The second kappa shape index (κ2) is 10.9. The molecule has 0 fully saturated rings. The largest absolute Gasteiger partial charge is 0.480 e. The summed E-state index contributed by atoms with van der Waals surface area (Å²) in [7, 11) is 0. The van der Waals surface area contributed by atoms with Gasteiger partial charge in [0.2, 0.25) is 0 Å². The minimum absolute atomic E-state index is 0. The van der Waals surface area contributed by atoms with Crippen LogP contribution in [0.2, 0.25) is 0 Å². The van der Waals surface area contributed by atoms with Crippen molar-refractivity contribution in [2.24, 2.45) is 11.5 Å². The third-order valence-corrected chi connectivity index (χ3v) is 1.91.